The van der Waals surface area contributed by atoms with Crippen molar-refractivity contribution in [2.75, 3.05) is 6.54 Å². The Bertz CT molecular complexity index is 1440. The van der Waals surface area contributed by atoms with E-state index >= 15 is 0 Å². The monoisotopic (exact) mass is 501 g/mol. The first-order chi connectivity index (χ1) is 17.0. The summed E-state index contributed by atoms with van der Waals surface area (Å²) in [6.07, 6.45) is -1.55. The number of aliphatic carboxylic acids is 1. The molecule has 3 aromatic heterocycles. The second kappa shape index (κ2) is 9.73. The highest BCUT2D eigenvalue weighted by Crippen LogP contribution is 2.31. The summed E-state index contributed by atoms with van der Waals surface area (Å²) in [5.41, 5.74) is 10.6. The number of pyridine rings is 1. The molecule has 1 aliphatic heterocycles. The second-order valence-corrected chi connectivity index (χ2v) is 8.87. The molecule has 0 bridgehead atoms. The zero-order valence-corrected chi connectivity index (χ0v) is 20.3. The Balaban J connectivity index is 0.000000384. The number of aromatic amines is 1. The van der Waals surface area contributed by atoms with Crippen LogP contribution in [-0.2, 0) is 24.2 Å². The molecular formula is C25H26F3N5O3. The molecule has 0 unspecified atom stereocenters. The first kappa shape index (κ1) is 25.4. The molecule has 1 aromatic carbocycles. The van der Waals surface area contributed by atoms with E-state index in [1.54, 1.807) is 0 Å². The number of rotatable bonds is 3. The quantitative estimate of drug-likeness (QED) is 0.372. The van der Waals surface area contributed by atoms with Gasteiger partial charge in [0.2, 0.25) is 11.7 Å². The smallest absolute Gasteiger partial charge is 0.475 e. The number of carboxylic acids is 1. The third-order valence-corrected chi connectivity index (χ3v) is 6.16. The average Bonchev–Trinajstić information content (AvgIpc) is 3.39. The van der Waals surface area contributed by atoms with Crippen LogP contribution in [0.4, 0.5) is 13.2 Å². The molecule has 0 aliphatic carbocycles. The molecule has 4 heterocycles. The second-order valence-electron chi connectivity index (χ2n) is 8.87. The molecule has 5 rings (SSSR count). The van der Waals surface area contributed by atoms with E-state index < -0.39 is 12.1 Å². The van der Waals surface area contributed by atoms with E-state index in [1.807, 2.05) is 13.1 Å². The van der Waals surface area contributed by atoms with Crippen molar-refractivity contribution in [2.24, 2.45) is 0 Å². The lowest BCUT2D eigenvalue weighted by atomic mass is 9.95. The van der Waals surface area contributed by atoms with Crippen LogP contribution < -0.4 is 5.32 Å². The average molecular weight is 502 g/mol. The fourth-order valence-electron chi connectivity index (χ4n) is 4.51. The van der Waals surface area contributed by atoms with E-state index in [-0.39, 0.29) is 0 Å². The minimum absolute atomic E-state index is 0.616. The van der Waals surface area contributed by atoms with Gasteiger partial charge < -0.3 is 19.9 Å². The lowest BCUT2D eigenvalue weighted by molar-refractivity contribution is -0.192. The Morgan fingerprint density at radius 3 is 2.61 bits per heavy atom. The summed E-state index contributed by atoms with van der Waals surface area (Å²) >= 11 is 0. The molecule has 3 N–H and O–H groups in total. The summed E-state index contributed by atoms with van der Waals surface area (Å²) in [4.78, 5) is 21.7. The topological polar surface area (TPSA) is 117 Å². The van der Waals surface area contributed by atoms with Crippen LogP contribution in [0, 0.1) is 27.7 Å². The minimum Gasteiger partial charge on any atom is -0.475 e. The molecular weight excluding hydrogens is 475 g/mol. The summed E-state index contributed by atoms with van der Waals surface area (Å²) < 4.78 is 37.4. The van der Waals surface area contributed by atoms with Crippen LogP contribution in [0.15, 0.2) is 22.9 Å². The van der Waals surface area contributed by atoms with Crippen molar-refractivity contribution < 1.29 is 27.6 Å². The van der Waals surface area contributed by atoms with Crippen LogP contribution in [-0.4, -0.2) is 43.9 Å². The molecule has 0 saturated carbocycles. The molecule has 0 fully saturated rings. The molecule has 4 aromatic rings. The normalized spacial score (nSPS) is 13.3. The van der Waals surface area contributed by atoms with Gasteiger partial charge in [-0.3, -0.25) is 4.98 Å². The largest absolute Gasteiger partial charge is 0.490 e. The van der Waals surface area contributed by atoms with Crippen molar-refractivity contribution in [1.29, 1.82) is 0 Å². The van der Waals surface area contributed by atoms with Gasteiger partial charge in [-0.1, -0.05) is 16.8 Å². The molecule has 1 aliphatic rings. The Kier molecular flexibility index (Phi) is 6.85. The number of benzene rings is 1. The Hall–Kier alpha value is -3.73. The Labute approximate surface area is 204 Å². The summed E-state index contributed by atoms with van der Waals surface area (Å²) in [6, 6.07) is 4.43. The van der Waals surface area contributed by atoms with Crippen LogP contribution in [0.2, 0.25) is 0 Å². The summed E-state index contributed by atoms with van der Waals surface area (Å²) in [5.74, 6) is -1.48. The maximum atomic E-state index is 10.6. The van der Waals surface area contributed by atoms with Gasteiger partial charge in [0.15, 0.2) is 0 Å². The third kappa shape index (κ3) is 5.11. The van der Waals surface area contributed by atoms with Gasteiger partial charge in [0.1, 0.15) is 0 Å². The van der Waals surface area contributed by atoms with Crippen molar-refractivity contribution in [2.45, 2.75) is 53.3 Å². The zero-order valence-electron chi connectivity index (χ0n) is 20.3. The number of hydrogen-bond acceptors (Lipinski definition) is 6. The van der Waals surface area contributed by atoms with Gasteiger partial charge in [-0.15, -0.1) is 0 Å². The maximum absolute atomic E-state index is 10.6. The first-order valence-electron chi connectivity index (χ1n) is 11.3. The van der Waals surface area contributed by atoms with E-state index in [4.69, 9.17) is 19.4 Å². The van der Waals surface area contributed by atoms with Crippen LogP contribution >= 0.6 is 0 Å². The van der Waals surface area contributed by atoms with Gasteiger partial charge in [0.05, 0.1) is 6.42 Å². The predicted molar refractivity (Wildman–Crippen MR) is 127 cm³/mol. The fraction of sp³-hybridized carbons (Fsp3) is 0.360. The van der Waals surface area contributed by atoms with E-state index in [2.05, 4.69) is 53.3 Å². The number of carboxylic acid groups (broad SMARTS) is 1. The first-order valence-corrected chi connectivity index (χ1v) is 11.3. The van der Waals surface area contributed by atoms with Crippen molar-refractivity contribution in [3.8, 4) is 11.4 Å². The number of nitrogens with zero attached hydrogens (tertiary/aromatic N) is 3. The molecule has 0 spiro atoms. The van der Waals surface area contributed by atoms with Crippen molar-refractivity contribution in [3.05, 3.63) is 63.4 Å². The number of carbonyl (C=O) groups is 1. The van der Waals surface area contributed by atoms with Crippen molar-refractivity contribution >= 4 is 16.9 Å². The molecule has 0 atom stereocenters. The van der Waals surface area contributed by atoms with Crippen LogP contribution in [0.1, 0.15) is 45.1 Å². The SMILES string of the molecule is Cc1cc(C)c2[nH]c(C)c(Cc3nc(-c4c(C)ncc5c4CCNC5)no3)c2c1.O=C(O)C(F)(F)F. The summed E-state index contributed by atoms with van der Waals surface area (Å²) in [6.45, 7) is 10.2. The number of aryl methyl sites for hydroxylation is 4. The van der Waals surface area contributed by atoms with E-state index in [9.17, 15) is 13.2 Å². The maximum Gasteiger partial charge on any atom is 0.490 e. The number of H-pyrrole nitrogens is 1. The molecule has 11 heteroatoms. The standard InChI is InChI=1S/C23H25N5O.C2HF3O2/c1-12-7-13(2)22-19(8-12)18(14(3)26-22)9-20-27-23(28-29-20)21-15(4)25-11-16-10-24-6-5-17(16)21;3-2(4,5)1(6)7/h7-8,11,24,26H,5-6,9-10H2,1-4H3;(H,6,7). The van der Waals surface area contributed by atoms with E-state index in [0.29, 0.717) is 18.1 Å². The van der Waals surface area contributed by atoms with Crippen molar-refractivity contribution in [1.82, 2.24) is 25.4 Å². The highest BCUT2D eigenvalue weighted by Gasteiger charge is 2.38. The number of alkyl halides is 3. The number of halogens is 3. The molecule has 0 amide bonds. The fourth-order valence-corrected chi connectivity index (χ4v) is 4.51. The van der Waals surface area contributed by atoms with Crippen molar-refractivity contribution in [3.63, 3.8) is 0 Å². The Morgan fingerprint density at radius 1 is 1.19 bits per heavy atom. The predicted octanol–water partition coefficient (Wildman–Crippen LogP) is 4.72. The van der Waals surface area contributed by atoms with Gasteiger partial charge in [0.25, 0.3) is 0 Å². The number of nitrogens with one attached hydrogen (secondary N) is 2. The molecule has 0 saturated heterocycles. The molecule has 0 radical (unpaired) electrons. The van der Waals surface area contributed by atoms with Gasteiger partial charge in [0, 0.05) is 40.6 Å². The summed E-state index contributed by atoms with van der Waals surface area (Å²) in [7, 11) is 0. The number of aromatic nitrogens is 4. The lowest BCUT2D eigenvalue weighted by Crippen LogP contribution is -2.24. The zero-order chi connectivity index (χ0) is 26.2. The highest BCUT2D eigenvalue weighted by atomic mass is 19.4. The van der Waals surface area contributed by atoms with Gasteiger partial charge >= 0.3 is 12.1 Å². The third-order valence-electron chi connectivity index (χ3n) is 6.16. The van der Waals surface area contributed by atoms with E-state index in [0.717, 1.165) is 36.5 Å². The molecule has 8 nitrogen and oxygen atoms in total. The van der Waals surface area contributed by atoms with Crippen LogP contribution in [0.25, 0.3) is 22.3 Å². The number of hydrogen-bond donors (Lipinski definition) is 3. The molecule has 190 valence electrons. The van der Waals surface area contributed by atoms with Gasteiger partial charge in [-0.2, -0.15) is 18.2 Å². The highest BCUT2D eigenvalue weighted by molar-refractivity contribution is 5.88. The minimum atomic E-state index is -5.08. The lowest BCUT2D eigenvalue weighted by Gasteiger charge is -2.19. The summed E-state index contributed by atoms with van der Waals surface area (Å²) in [5, 5.41) is 16.1. The van der Waals surface area contributed by atoms with Gasteiger partial charge in [-0.05, 0) is 69.0 Å². The van der Waals surface area contributed by atoms with Gasteiger partial charge in [-0.25, -0.2) is 4.79 Å². The van der Waals surface area contributed by atoms with Crippen LogP contribution in [0.5, 0.6) is 0 Å². The number of fused-ring (bicyclic) bond motifs is 2. The molecule has 36 heavy (non-hydrogen) atoms. The Morgan fingerprint density at radius 2 is 1.92 bits per heavy atom. The van der Waals surface area contributed by atoms with Crippen LogP contribution in [0.3, 0.4) is 0 Å². The van der Waals surface area contributed by atoms with E-state index in [1.165, 1.54) is 38.7 Å².